The number of nitrogens with zero attached hydrogens (tertiary/aromatic N) is 2. The third kappa shape index (κ3) is 2.15. The lowest BCUT2D eigenvalue weighted by molar-refractivity contribution is 0.0998. The van der Waals surface area contributed by atoms with Gasteiger partial charge in [-0.1, -0.05) is 6.42 Å². The Kier molecular flexibility index (Phi) is 2.97. The molecule has 4 heteroatoms. The van der Waals surface area contributed by atoms with Gasteiger partial charge in [-0.3, -0.25) is 9.78 Å². The van der Waals surface area contributed by atoms with E-state index >= 15 is 0 Å². The maximum atomic E-state index is 11.2. The molecule has 1 atom stereocenters. The summed E-state index contributed by atoms with van der Waals surface area (Å²) in [5.74, 6) is -0.418. The van der Waals surface area contributed by atoms with Gasteiger partial charge in [-0.05, 0) is 25.0 Å². The van der Waals surface area contributed by atoms with Gasteiger partial charge >= 0.3 is 0 Å². The number of pyridine rings is 1. The second-order valence-corrected chi connectivity index (χ2v) is 3.72. The van der Waals surface area contributed by atoms with Gasteiger partial charge in [-0.25, -0.2) is 5.32 Å². The summed E-state index contributed by atoms with van der Waals surface area (Å²) >= 11 is 0. The Morgan fingerprint density at radius 2 is 2.33 bits per heavy atom. The molecule has 15 heavy (non-hydrogen) atoms. The highest BCUT2D eigenvalue weighted by Crippen LogP contribution is 2.24. The van der Waals surface area contributed by atoms with Gasteiger partial charge in [0.15, 0.2) is 0 Å². The molecule has 1 saturated heterocycles. The summed E-state index contributed by atoms with van der Waals surface area (Å²) in [7, 11) is 0. The molecule has 1 aromatic rings. The molecule has 4 nitrogen and oxygen atoms in total. The summed E-state index contributed by atoms with van der Waals surface area (Å²) in [6.07, 6.45) is 4.93. The predicted octanol–water partition coefficient (Wildman–Crippen LogP) is 1.01. The zero-order chi connectivity index (χ0) is 10.7. The van der Waals surface area contributed by atoms with E-state index in [1.54, 1.807) is 18.3 Å². The van der Waals surface area contributed by atoms with E-state index in [0.717, 1.165) is 31.5 Å². The van der Waals surface area contributed by atoms with E-state index in [0.29, 0.717) is 5.56 Å². The second-order valence-electron chi connectivity index (χ2n) is 3.72. The van der Waals surface area contributed by atoms with Crippen LogP contribution in [0.3, 0.4) is 0 Å². The van der Waals surface area contributed by atoms with Gasteiger partial charge in [0.2, 0.25) is 0 Å². The lowest BCUT2D eigenvalue weighted by Gasteiger charge is -2.22. The zero-order valence-electron chi connectivity index (χ0n) is 8.52. The highest BCUT2D eigenvalue weighted by Gasteiger charge is 2.21. The van der Waals surface area contributed by atoms with Crippen LogP contribution < -0.4 is 11.1 Å². The minimum absolute atomic E-state index is 0.0578. The number of hydrogen-bond acceptors (Lipinski definition) is 2. The molecule has 1 unspecified atom stereocenters. The van der Waals surface area contributed by atoms with Crippen LogP contribution >= 0.6 is 0 Å². The Morgan fingerprint density at radius 3 is 3.00 bits per heavy atom. The van der Waals surface area contributed by atoms with Crippen LogP contribution in [0.2, 0.25) is 0 Å². The first-order valence-electron chi connectivity index (χ1n) is 5.20. The molecule has 0 bridgehead atoms. The third-order valence-corrected chi connectivity index (χ3v) is 2.65. The number of aromatic nitrogens is 1. The van der Waals surface area contributed by atoms with Crippen molar-refractivity contribution in [3.63, 3.8) is 0 Å². The van der Waals surface area contributed by atoms with Crippen LogP contribution in [0, 0.1) is 0 Å². The third-order valence-electron chi connectivity index (χ3n) is 2.65. The second kappa shape index (κ2) is 4.40. The molecule has 0 aromatic carbocycles. The van der Waals surface area contributed by atoms with Crippen LogP contribution in [0.25, 0.3) is 0 Å². The zero-order valence-corrected chi connectivity index (χ0v) is 8.52. The van der Waals surface area contributed by atoms with E-state index in [-0.39, 0.29) is 6.04 Å². The molecule has 1 aliphatic rings. The molecule has 1 aromatic heterocycles. The number of rotatable bonds is 2. The van der Waals surface area contributed by atoms with Crippen molar-refractivity contribution < 1.29 is 4.79 Å². The standard InChI is InChI=1S/C11H14N3O/c12-11(15)8-4-3-7-14-10(8)9-5-1-2-6-13-9/h3-4,7,9H,1-2,5-6H2,(H2,12,15). The van der Waals surface area contributed by atoms with Crippen LogP contribution in [0.1, 0.15) is 41.4 Å². The fourth-order valence-corrected chi connectivity index (χ4v) is 1.90. The summed E-state index contributed by atoms with van der Waals surface area (Å²) in [4.78, 5) is 15.4. The van der Waals surface area contributed by atoms with Gasteiger partial charge in [-0.2, -0.15) is 0 Å². The number of primary amides is 1. The van der Waals surface area contributed by atoms with Crippen LogP contribution in [-0.2, 0) is 0 Å². The lowest BCUT2D eigenvalue weighted by Crippen LogP contribution is -2.25. The summed E-state index contributed by atoms with van der Waals surface area (Å²) in [5, 5.41) is 4.47. The first kappa shape index (κ1) is 10.1. The molecule has 1 fully saturated rings. The number of amides is 1. The molecule has 2 N–H and O–H groups in total. The Balaban J connectivity index is 2.29. The molecule has 0 spiro atoms. The van der Waals surface area contributed by atoms with Crippen molar-refractivity contribution in [2.24, 2.45) is 5.73 Å². The van der Waals surface area contributed by atoms with E-state index < -0.39 is 5.91 Å². The Labute approximate surface area is 88.9 Å². The number of hydrogen-bond donors (Lipinski definition) is 1. The fraction of sp³-hybridized carbons (Fsp3) is 0.455. The predicted molar refractivity (Wildman–Crippen MR) is 56.3 cm³/mol. The quantitative estimate of drug-likeness (QED) is 0.781. The Morgan fingerprint density at radius 1 is 1.47 bits per heavy atom. The van der Waals surface area contributed by atoms with Crippen LogP contribution in [0.15, 0.2) is 18.3 Å². The number of piperidine rings is 1. The Bertz CT molecular complexity index is 359. The van der Waals surface area contributed by atoms with Gasteiger partial charge < -0.3 is 5.73 Å². The number of carbonyl (C=O) groups is 1. The van der Waals surface area contributed by atoms with Crippen LogP contribution in [0.4, 0.5) is 0 Å². The van der Waals surface area contributed by atoms with Crippen molar-refractivity contribution in [3.8, 4) is 0 Å². The largest absolute Gasteiger partial charge is 0.366 e. The highest BCUT2D eigenvalue weighted by atomic mass is 16.1. The van der Waals surface area contributed by atoms with Gasteiger partial charge in [-0.15, -0.1) is 0 Å². The van der Waals surface area contributed by atoms with Crippen LogP contribution in [-0.4, -0.2) is 17.4 Å². The maximum Gasteiger partial charge on any atom is 0.250 e. The average molecular weight is 204 g/mol. The van der Waals surface area contributed by atoms with Gasteiger partial charge in [0.05, 0.1) is 17.3 Å². The summed E-state index contributed by atoms with van der Waals surface area (Å²) in [5.41, 5.74) is 6.55. The molecule has 1 amide bonds. The van der Waals surface area contributed by atoms with Crippen LogP contribution in [0.5, 0.6) is 0 Å². The van der Waals surface area contributed by atoms with Gasteiger partial charge in [0, 0.05) is 12.7 Å². The number of nitrogens with two attached hydrogens (primary N) is 1. The molecule has 2 rings (SSSR count). The van der Waals surface area contributed by atoms with E-state index in [9.17, 15) is 4.79 Å². The molecule has 79 valence electrons. The first-order chi connectivity index (χ1) is 7.29. The van der Waals surface area contributed by atoms with E-state index in [1.807, 2.05) is 0 Å². The normalized spacial score (nSPS) is 21.2. The minimum Gasteiger partial charge on any atom is -0.366 e. The summed E-state index contributed by atoms with van der Waals surface area (Å²) < 4.78 is 0. The molecule has 2 heterocycles. The van der Waals surface area contributed by atoms with Gasteiger partial charge in [0.25, 0.3) is 5.91 Å². The topological polar surface area (TPSA) is 70.1 Å². The van der Waals surface area contributed by atoms with Crippen molar-refractivity contribution in [1.82, 2.24) is 10.3 Å². The lowest BCUT2D eigenvalue weighted by atomic mass is 9.98. The highest BCUT2D eigenvalue weighted by molar-refractivity contribution is 5.93. The van der Waals surface area contributed by atoms with E-state index in [2.05, 4.69) is 10.3 Å². The van der Waals surface area contributed by atoms with Gasteiger partial charge in [0.1, 0.15) is 0 Å². The van der Waals surface area contributed by atoms with Crippen molar-refractivity contribution in [2.75, 3.05) is 6.54 Å². The minimum atomic E-state index is -0.418. The Hall–Kier alpha value is -1.42. The number of carbonyl (C=O) groups excluding carboxylic acids is 1. The SMILES string of the molecule is NC(=O)c1cccnc1C1CCCC[N]1. The van der Waals surface area contributed by atoms with Crippen molar-refractivity contribution in [3.05, 3.63) is 29.6 Å². The molecular weight excluding hydrogens is 190 g/mol. The molecule has 1 radical (unpaired) electrons. The smallest absolute Gasteiger partial charge is 0.250 e. The van der Waals surface area contributed by atoms with Crippen molar-refractivity contribution in [1.29, 1.82) is 0 Å². The molecule has 0 aliphatic carbocycles. The summed E-state index contributed by atoms with van der Waals surface area (Å²) in [6, 6.07) is 3.50. The average Bonchev–Trinajstić information content (AvgIpc) is 2.30. The van der Waals surface area contributed by atoms with Crippen molar-refractivity contribution >= 4 is 5.91 Å². The molecule has 0 saturated carbocycles. The first-order valence-corrected chi connectivity index (χ1v) is 5.20. The van der Waals surface area contributed by atoms with E-state index in [4.69, 9.17) is 5.73 Å². The van der Waals surface area contributed by atoms with Crippen molar-refractivity contribution in [2.45, 2.75) is 25.3 Å². The molecular formula is C11H14N3O. The van der Waals surface area contributed by atoms with E-state index in [1.165, 1.54) is 0 Å². The molecule has 1 aliphatic heterocycles. The monoisotopic (exact) mass is 204 g/mol. The maximum absolute atomic E-state index is 11.2. The fourth-order valence-electron chi connectivity index (χ4n) is 1.90. The summed E-state index contributed by atoms with van der Waals surface area (Å²) in [6.45, 7) is 0.861.